The molecule has 2 aromatic rings. The first-order valence-electron chi connectivity index (χ1n) is 6.59. The van der Waals surface area contributed by atoms with E-state index in [4.69, 9.17) is 9.47 Å². The third kappa shape index (κ3) is 2.81. The van der Waals surface area contributed by atoms with Crippen molar-refractivity contribution in [1.29, 1.82) is 0 Å². The topological polar surface area (TPSA) is 47.6 Å². The molecule has 1 aliphatic heterocycles. The Kier molecular flexibility index (Phi) is 3.48. The largest absolute Gasteiger partial charge is 0.454 e. The van der Waals surface area contributed by atoms with E-state index in [1.165, 1.54) is 12.1 Å². The molecule has 0 aromatic heterocycles. The number of benzene rings is 2. The lowest BCUT2D eigenvalue weighted by molar-refractivity contribution is 0.0939. The van der Waals surface area contributed by atoms with Gasteiger partial charge in [-0.15, -0.1) is 0 Å². The van der Waals surface area contributed by atoms with Gasteiger partial charge in [0.05, 0.1) is 6.04 Å². The molecular weight excluding hydrogens is 273 g/mol. The fourth-order valence-electron chi connectivity index (χ4n) is 2.15. The molecule has 4 nitrogen and oxygen atoms in total. The highest BCUT2D eigenvalue weighted by Gasteiger charge is 2.17. The maximum Gasteiger partial charge on any atom is 0.251 e. The van der Waals surface area contributed by atoms with E-state index >= 15 is 0 Å². The Morgan fingerprint density at radius 3 is 2.62 bits per heavy atom. The van der Waals surface area contributed by atoms with Crippen LogP contribution in [0.1, 0.15) is 28.9 Å². The van der Waals surface area contributed by atoms with Crippen molar-refractivity contribution in [2.24, 2.45) is 0 Å². The van der Waals surface area contributed by atoms with Crippen LogP contribution in [0.25, 0.3) is 0 Å². The third-order valence-electron chi connectivity index (χ3n) is 3.35. The first-order valence-corrected chi connectivity index (χ1v) is 6.59. The van der Waals surface area contributed by atoms with Crippen molar-refractivity contribution in [2.75, 3.05) is 6.79 Å². The van der Waals surface area contributed by atoms with Crippen LogP contribution in [0.4, 0.5) is 4.39 Å². The molecule has 0 fully saturated rings. The van der Waals surface area contributed by atoms with Gasteiger partial charge in [0.15, 0.2) is 11.5 Å². The smallest absolute Gasteiger partial charge is 0.251 e. The fraction of sp³-hybridized carbons (Fsp3) is 0.188. The number of amides is 1. The summed E-state index contributed by atoms with van der Waals surface area (Å²) in [7, 11) is 0. The monoisotopic (exact) mass is 287 g/mol. The SMILES string of the molecule is C[C@@H](NC(=O)c1ccc2c(c1)OCO2)c1ccc(F)cc1. The molecule has 5 heteroatoms. The van der Waals surface area contributed by atoms with Gasteiger partial charge in [0.25, 0.3) is 5.91 Å². The van der Waals surface area contributed by atoms with Crippen molar-refractivity contribution < 1.29 is 18.7 Å². The highest BCUT2D eigenvalue weighted by molar-refractivity contribution is 5.95. The van der Waals surface area contributed by atoms with Gasteiger partial charge in [0, 0.05) is 5.56 Å². The van der Waals surface area contributed by atoms with Crippen LogP contribution >= 0.6 is 0 Å². The van der Waals surface area contributed by atoms with Crippen molar-refractivity contribution in [2.45, 2.75) is 13.0 Å². The number of ether oxygens (including phenoxy) is 2. The van der Waals surface area contributed by atoms with Gasteiger partial charge in [-0.1, -0.05) is 12.1 Å². The molecule has 0 spiro atoms. The molecule has 108 valence electrons. The first-order chi connectivity index (χ1) is 10.1. The lowest BCUT2D eigenvalue weighted by Gasteiger charge is -2.14. The normalized spacial score (nSPS) is 13.8. The number of hydrogen-bond donors (Lipinski definition) is 1. The number of nitrogens with one attached hydrogen (secondary N) is 1. The Labute approximate surface area is 121 Å². The van der Waals surface area contributed by atoms with Gasteiger partial charge in [-0.25, -0.2) is 4.39 Å². The van der Waals surface area contributed by atoms with E-state index in [0.29, 0.717) is 17.1 Å². The summed E-state index contributed by atoms with van der Waals surface area (Å²) in [5, 5.41) is 2.87. The zero-order chi connectivity index (χ0) is 14.8. The van der Waals surface area contributed by atoms with Crippen molar-refractivity contribution in [3.63, 3.8) is 0 Å². The Hall–Kier alpha value is -2.56. The van der Waals surface area contributed by atoms with Gasteiger partial charge in [0.1, 0.15) is 5.82 Å². The van der Waals surface area contributed by atoms with Gasteiger partial charge in [0.2, 0.25) is 6.79 Å². The summed E-state index contributed by atoms with van der Waals surface area (Å²) in [6, 6.07) is 10.9. The summed E-state index contributed by atoms with van der Waals surface area (Å²) in [5.74, 6) is 0.688. The summed E-state index contributed by atoms with van der Waals surface area (Å²) in [6.45, 7) is 2.02. The minimum atomic E-state index is -0.298. The molecule has 2 aromatic carbocycles. The standard InChI is InChI=1S/C16H14FNO3/c1-10(11-2-5-13(17)6-3-11)18-16(19)12-4-7-14-15(8-12)21-9-20-14/h2-8,10H,9H2,1H3,(H,18,19)/t10-/m1/s1. The highest BCUT2D eigenvalue weighted by atomic mass is 19.1. The second-order valence-electron chi connectivity index (χ2n) is 4.81. The van der Waals surface area contributed by atoms with Crippen LogP contribution in [0, 0.1) is 5.82 Å². The van der Waals surface area contributed by atoms with Crippen LogP contribution in [-0.4, -0.2) is 12.7 Å². The number of hydrogen-bond acceptors (Lipinski definition) is 3. The lowest BCUT2D eigenvalue weighted by atomic mass is 10.1. The Morgan fingerprint density at radius 1 is 1.14 bits per heavy atom. The second-order valence-corrected chi connectivity index (χ2v) is 4.81. The summed E-state index contributed by atoms with van der Waals surface area (Å²) < 4.78 is 23.3. The molecule has 0 saturated heterocycles. The fourth-order valence-corrected chi connectivity index (χ4v) is 2.15. The van der Waals surface area contributed by atoms with Crippen LogP contribution in [0.15, 0.2) is 42.5 Å². The van der Waals surface area contributed by atoms with Crippen molar-refractivity contribution in [3.05, 3.63) is 59.4 Å². The summed E-state index contributed by atoms with van der Waals surface area (Å²) >= 11 is 0. The number of halogens is 1. The number of carbonyl (C=O) groups excluding carboxylic acids is 1. The Bertz CT molecular complexity index is 670. The average Bonchev–Trinajstić information content (AvgIpc) is 2.95. The van der Waals surface area contributed by atoms with E-state index < -0.39 is 0 Å². The van der Waals surface area contributed by atoms with E-state index in [9.17, 15) is 9.18 Å². The van der Waals surface area contributed by atoms with Crippen LogP contribution in [0.3, 0.4) is 0 Å². The minimum Gasteiger partial charge on any atom is -0.454 e. The summed E-state index contributed by atoms with van der Waals surface area (Å²) in [6.07, 6.45) is 0. The molecule has 3 rings (SSSR count). The van der Waals surface area contributed by atoms with Crippen LogP contribution in [0.2, 0.25) is 0 Å². The second kappa shape index (κ2) is 5.44. The van der Waals surface area contributed by atoms with Gasteiger partial charge < -0.3 is 14.8 Å². The molecule has 0 unspecified atom stereocenters. The molecule has 1 atom stereocenters. The minimum absolute atomic E-state index is 0.173. The van der Waals surface area contributed by atoms with Gasteiger partial charge in [-0.2, -0.15) is 0 Å². The van der Waals surface area contributed by atoms with E-state index in [1.807, 2.05) is 6.92 Å². The zero-order valence-electron chi connectivity index (χ0n) is 11.4. The summed E-state index contributed by atoms with van der Waals surface area (Å²) in [4.78, 5) is 12.2. The van der Waals surface area contributed by atoms with Crippen molar-refractivity contribution in [3.8, 4) is 11.5 Å². The predicted molar refractivity (Wildman–Crippen MR) is 74.8 cm³/mol. The van der Waals surface area contributed by atoms with Crippen LogP contribution in [0.5, 0.6) is 11.5 Å². The van der Waals surface area contributed by atoms with Crippen molar-refractivity contribution >= 4 is 5.91 Å². The quantitative estimate of drug-likeness (QED) is 0.944. The predicted octanol–water partition coefficient (Wildman–Crippen LogP) is 3.05. The van der Waals surface area contributed by atoms with Gasteiger partial charge in [-0.05, 0) is 42.8 Å². The zero-order valence-corrected chi connectivity index (χ0v) is 11.4. The molecule has 0 radical (unpaired) electrons. The van der Waals surface area contributed by atoms with Crippen LogP contribution < -0.4 is 14.8 Å². The Balaban J connectivity index is 1.72. The molecular formula is C16H14FNO3. The lowest BCUT2D eigenvalue weighted by Crippen LogP contribution is -2.26. The molecule has 0 bridgehead atoms. The van der Waals surface area contributed by atoms with E-state index in [1.54, 1.807) is 30.3 Å². The van der Waals surface area contributed by atoms with Gasteiger partial charge >= 0.3 is 0 Å². The molecule has 1 heterocycles. The molecule has 0 aliphatic carbocycles. The third-order valence-corrected chi connectivity index (χ3v) is 3.35. The number of fused-ring (bicyclic) bond motifs is 1. The molecule has 21 heavy (non-hydrogen) atoms. The number of carbonyl (C=O) groups is 1. The maximum absolute atomic E-state index is 12.9. The molecule has 1 amide bonds. The molecule has 1 aliphatic rings. The Morgan fingerprint density at radius 2 is 1.86 bits per heavy atom. The highest BCUT2D eigenvalue weighted by Crippen LogP contribution is 2.32. The van der Waals surface area contributed by atoms with E-state index in [2.05, 4.69) is 5.32 Å². The van der Waals surface area contributed by atoms with E-state index in [0.717, 1.165) is 5.56 Å². The van der Waals surface area contributed by atoms with E-state index in [-0.39, 0.29) is 24.6 Å². The molecule has 1 N–H and O–H groups in total. The van der Waals surface area contributed by atoms with Crippen LogP contribution in [-0.2, 0) is 0 Å². The van der Waals surface area contributed by atoms with Gasteiger partial charge in [-0.3, -0.25) is 4.79 Å². The maximum atomic E-state index is 12.9. The van der Waals surface area contributed by atoms with Crippen molar-refractivity contribution in [1.82, 2.24) is 5.32 Å². The number of rotatable bonds is 3. The summed E-state index contributed by atoms with van der Waals surface area (Å²) in [5.41, 5.74) is 1.33. The average molecular weight is 287 g/mol. The first kappa shape index (κ1) is 13.4. The molecule has 0 saturated carbocycles.